The number of carbonyl (C=O) groups is 2. The van der Waals surface area contributed by atoms with Crippen molar-refractivity contribution in [2.75, 3.05) is 6.61 Å². The molecule has 0 heterocycles. The fraction of sp³-hybridized carbons (Fsp3) is 0.511. The minimum absolute atomic E-state index is 0.0642. The molecule has 0 radical (unpaired) electrons. The molecule has 1 aliphatic rings. The molecule has 0 aromatic heterocycles. The van der Waals surface area contributed by atoms with Crippen molar-refractivity contribution in [2.45, 2.75) is 135 Å². The molecule has 0 saturated carbocycles. The Hall–Kier alpha value is -3.68. The van der Waals surface area contributed by atoms with Gasteiger partial charge in [0.15, 0.2) is 8.32 Å². The molecule has 0 saturated heterocycles. The number of benzene rings is 3. The summed E-state index contributed by atoms with van der Waals surface area (Å²) in [5, 5.41) is 9.21. The number of para-hydroxylation sites is 1. The summed E-state index contributed by atoms with van der Waals surface area (Å²) in [6.45, 7) is 14.1. The third-order valence-electron chi connectivity index (χ3n) is 11.2. The second kappa shape index (κ2) is 19.4. The summed E-state index contributed by atoms with van der Waals surface area (Å²) in [6.07, 6.45) is 12.0. The molecule has 7 heteroatoms. The summed E-state index contributed by atoms with van der Waals surface area (Å²) in [5.74, 6) is -0.178. The largest absolute Gasteiger partial charge is 0.491 e. The Balaban J connectivity index is 1.55. The van der Waals surface area contributed by atoms with Gasteiger partial charge in [-0.15, -0.1) is 0 Å². The number of carboxylic acid groups (broad SMARTS) is 1. The molecule has 3 atom stereocenters. The van der Waals surface area contributed by atoms with E-state index in [0.717, 1.165) is 74.7 Å². The molecule has 6 nitrogen and oxygen atoms in total. The number of aliphatic carboxylic acids is 1. The molecule has 282 valence electrons. The number of hydrogen-bond donors (Lipinski definition) is 1. The maximum Gasteiger partial charge on any atom is 0.338 e. The maximum absolute atomic E-state index is 13.8. The molecule has 1 unspecified atom stereocenters. The van der Waals surface area contributed by atoms with Crippen LogP contribution < -0.4 is 4.74 Å². The van der Waals surface area contributed by atoms with E-state index in [1.165, 1.54) is 5.57 Å². The zero-order valence-corrected chi connectivity index (χ0v) is 33.5. The Morgan fingerprint density at radius 2 is 1.46 bits per heavy atom. The van der Waals surface area contributed by atoms with E-state index in [4.69, 9.17) is 19.0 Å². The molecule has 3 aromatic carbocycles. The van der Waals surface area contributed by atoms with Gasteiger partial charge in [0, 0.05) is 18.3 Å². The van der Waals surface area contributed by atoms with E-state index >= 15 is 0 Å². The van der Waals surface area contributed by atoms with Gasteiger partial charge in [0.1, 0.15) is 18.5 Å². The van der Waals surface area contributed by atoms with Gasteiger partial charge >= 0.3 is 11.9 Å². The van der Waals surface area contributed by atoms with Crippen molar-refractivity contribution in [2.24, 2.45) is 5.41 Å². The molecule has 1 N–H and O–H groups in total. The average molecular weight is 727 g/mol. The highest BCUT2D eigenvalue weighted by Gasteiger charge is 2.47. The van der Waals surface area contributed by atoms with Crippen LogP contribution in [0.1, 0.15) is 115 Å². The first-order valence-electron chi connectivity index (χ1n) is 19.5. The van der Waals surface area contributed by atoms with Gasteiger partial charge < -0.3 is 19.0 Å². The van der Waals surface area contributed by atoms with Gasteiger partial charge in [-0.05, 0) is 85.6 Å². The highest BCUT2D eigenvalue weighted by atomic mass is 28.4. The van der Waals surface area contributed by atoms with Crippen LogP contribution in [-0.4, -0.2) is 44.2 Å². The Morgan fingerprint density at radius 1 is 0.846 bits per heavy atom. The first-order chi connectivity index (χ1) is 24.8. The van der Waals surface area contributed by atoms with E-state index in [9.17, 15) is 9.59 Å². The summed E-state index contributed by atoms with van der Waals surface area (Å²) >= 11 is 0. The first-order valence-corrected chi connectivity index (χ1v) is 22.4. The minimum atomic E-state index is -2.09. The quantitative estimate of drug-likeness (QED) is 0.0509. The first kappa shape index (κ1) is 41.1. The molecule has 0 amide bonds. The molecule has 0 bridgehead atoms. The summed E-state index contributed by atoms with van der Waals surface area (Å²) in [6, 6.07) is 27.9. The third-order valence-corrected chi connectivity index (χ3v) is 15.8. The lowest BCUT2D eigenvalue weighted by molar-refractivity contribution is -0.137. The number of unbranched alkanes of at least 4 members (excludes halogenated alkanes) is 4. The summed E-state index contributed by atoms with van der Waals surface area (Å²) in [5.41, 5.74) is 3.83. The van der Waals surface area contributed by atoms with E-state index in [1.54, 1.807) is 0 Å². The SMILES string of the molecule is CCCC[C@@]1(CCCCCCC(=O)O)C(CCC(COc2ccccc2)O[Si](C)(C)C(C)(C)C)=CC[C@@H]1OC(=O)c1ccc(-c2ccccc2)cc1. The number of carboxylic acids is 1. The van der Waals surface area contributed by atoms with Crippen LogP contribution in [0.3, 0.4) is 0 Å². The van der Waals surface area contributed by atoms with Crippen LogP contribution in [0.5, 0.6) is 5.75 Å². The van der Waals surface area contributed by atoms with Crippen LogP contribution in [0.15, 0.2) is 96.6 Å². The Kier molecular flexibility index (Phi) is 15.3. The lowest BCUT2D eigenvalue weighted by Gasteiger charge is -2.41. The van der Waals surface area contributed by atoms with Gasteiger partial charge in [-0.1, -0.05) is 132 Å². The van der Waals surface area contributed by atoms with Crippen LogP contribution in [-0.2, 0) is 14.0 Å². The summed E-state index contributed by atoms with van der Waals surface area (Å²) < 4.78 is 19.8. The fourth-order valence-corrected chi connectivity index (χ4v) is 8.52. The second-order valence-electron chi connectivity index (χ2n) is 16.0. The van der Waals surface area contributed by atoms with Gasteiger partial charge in [0.05, 0.1) is 11.7 Å². The van der Waals surface area contributed by atoms with Gasteiger partial charge in [0.25, 0.3) is 0 Å². The van der Waals surface area contributed by atoms with Crippen molar-refractivity contribution in [1.29, 1.82) is 0 Å². The highest BCUT2D eigenvalue weighted by Crippen LogP contribution is 2.51. The third kappa shape index (κ3) is 11.7. The van der Waals surface area contributed by atoms with E-state index in [1.807, 2.05) is 72.8 Å². The molecule has 3 aromatic rings. The van der Waals surface area contributed by atoms with E-state index in [0.29, 0.717) is 25.0 Å². The number of rotatable bonds is 21. The predicted molar refractivity (Wildman–Crippen MR) is 214 cm³/mol. The number of carbonyl (C=O) groups excluding carboxylic acids is 1. The van der Waals surface area contributed by atoms with E-state index in [-0.39, 0.29) is 35.1 Å². The second-order valence-corrected chi connectivity index (χ2v) is 20.8. The van der Waals surface area contributed by atoms with E-state index < -0.39 is 14.3 Å². The summed E-state index contributed by atoms with van der Waals surface area (Å²) in [7, 11) is -2.09. The highest BCUT2D eigenvalue weighted by molar-refractivity contribution is 6.74. The number of ether oxygens (including phenoxy) is 2. The topological polar surface area (TPSA) is 82.1 Å². The smallest absolute Gasteiger partial charge is 0.338 e. The zero-order chi connectivity index (χ0) is 37.6. The van der Waals surface area contributed by atoms with E-state index in [2.05, 4.69) is 59.0 Å². The molecular formula is C45H62O6Si. The maximum atomic E-state index is 13.8. The van der Waals surface area contributed by atoms with Crippen molar-refractivity contribution >= 4 is 20.3 Å². The zero-order valence-electron chi connectivity index (χ0n) is 32.5. The van der Waals surface area contributed by atoms with Gasteiger partial charge in [-0.25, -0.2) is 4.79 Å². The van der Waals surface area contributed by atoms with Crippen molar-refractivity contribution in [3.63, 3.8) is 0 Å². The predicted octanol–water partition coefficient (Wildman–Crippen LogP) is 12.1. The fourth-order valence-electron chi connectivity index (χ4n) is 7.15. The number of hydrogen-bond acceptors (Lipinski definition) is 5. The Morgan fingerprint density at radius 3 is 2.10 bits per heavy atom. The lowest BCUT2D eigenvalue weighted by atomic mass is 9.70. The molecule has 0 fully saturated rings. The van der Waals surface area contributed by atoms with Crippen LogP contribution in [0, 0.1) is 5.41 Å². The van der Waals surface area contributed by atoms with Gasteiger partial charge in [-0.2, -0.15) is 0 Å². The van der Waals surface area contributed by atoms with Crippen LogP contribution in [0.4, 0.5) is 0 Å². The minimum Gasteiger partial charge on any atom is -0.491 e. The molecule has 52 heavy (non-hydrogen) atoms. The molecular weight excluding hydrogens is 665 g/mol. The summed E-state index contributed by atoms with van der Waals surface area (Å²) in [4.78, 5) is 24.9. The van der Waals surface area contributed by atoms with Gasteiger partial charge in [0.2, 0.25) is 0 Å². The lowest BCUT2D eigenvalue weighted by Crippen LogP contribution is -2.45. The monoisotopic (exact) mass is 726 g/mol. The number of esters is 1. The van der Waals surface area contributed by atoms with Crippen LogP contribution in [0.2, 0.25) is 18.1 Å². The molecule has 0 aliphatic heterocycles. The average Bonchev–Trinajstić information content (AvgIpc) is 3.46. The van der Waals surface area contributed by atoms with Crippen molar-refractivity contribution in [1.82, 2.24) is 0 Å². The Bertz CT molecular complexity index is 1560. The molecule has 1 aliphatic carbocycles. The normalized spacial score (nSPS) is 18.1. The molecule has 4 rings (SSSR count). The standard InChI is InChI=1S/C45H62O6Si/c1-7-8-32-45(33-18-10-9-17-23-42(46)47)38(28-30-40(51-52(5,6)44(2,3)4)34-49-39-21-15-12-16-22-39)29-31-41(45)50-43(48)37-26-24-36(25-27-37)35-19-13-11-14-20-35/h11-16,19-22,24-27,29,40-41H,7-10,17-18,23,28,30-34H2,1-6H3,(H,46,47)/t40?,41-,45+/m0/s1. The van der Waals surface area contributed by atoms with Gasteiger partial charge in [-0.3, -0.25) is 4.79 Å². The Labute approximate surface area is 314 Å². The van der Waals surface area contributed by atoms with Crippen LogP contribution >= 0.6 is 0 Å². The van der Waals surface area contributed by atoms with Crippen molar-refractivity contribution < 1.29 is 28.6 Å². The van der Waals surface area contributed by atoms with Crippen LogP contribution in [0.25, 0.3) is 11.1 Å². The van der Waals surface area contributed by atoms with Crippen molar-refractivity contribution in [3.05, 3.63) is 102 Å². The molecule has 0 spiro atoms. The van der Waals surface area contributed by atoms with Crippen molar-refractivity contribution in [3.8, 4) is 16.9 Å².